The summed E-state index contributed by atoms with van der Waals surface area (Å²) in [6.07, 6.45) is 2.54. The normalized spacial score (nSPS) is 14.3. The number of fused-ring (bicyclic) bond motifs is 1. The topological polar surface area (TPSA) is 68.7 Å². The zero-order valence-corrected chi connectivity index (χ0v) is 13.6. The van der Waals surface area contributed by atoms with E-state index in [-0.39, 0.29) is 11.7 Å². The highest BCUT2D eigenvalue weighted by molar-refractivity contribution is 5.98. The van der Waals surface area contributed by atoms with Crippen molar-refractivity contribution in [3.05, 3.63) is 48.3 Å². The lowest BCUT2D eigenvalue weighted by Crippen LogP contribution is -2.44. The van der Waals surface area contributed by atoms with E-state index >= 15 is 0 Å². The number of pyridine rings is 1. The number of hydrogen-bond acceptors (Lipinski definition) is 5. The van der Waals surface area contributed by atoms with E-state index in [9.17, 15) is 9.59 Å². The third-order valence-corrected chi connectivity index (χ3v) is 3.79. The number of ether oxygens (including phenoxy) is 2. The van der Waals surface area contributed by atoms with Gasteiger partial charge in [-0.05, 0) is 26.0 Å². The molecule has 1 aliphatic rings. The Labute approximate surface area is 140 Å². The molecular formula is C18H18N2O4. The van der Waals surface area contributed by atoms with Crippen LogP contribution in [0.5, 0.6) is 11.5 Å². The molecule has 6 nitrogen and oxygen atoms in total. The molecule has 1 aromatic heterocycles. The average molecular weight is 326 g/mol. The van der Waals surface area contributed by atoms with Gasteiger partial charge < -0.3 is 14.4 Å². The summed E-state index contributed by atoms with van der Waals surface area (Å²) < 4.78 is 11.3. The Bertz CT molecular complexity index is 775. The monoisotopic (exact) mass is 326 g/mol. The van der Waals surface area contributed by atoms with Crippen LogP contribution in [0.2, 0.25) is 0 Å². The lowest BCUT2D eigenvalue weighted by Gasteiger charge is -2.30. The van der Waals surface area contributed by atoms with Gasteiger partial charge in [-0.15, -0.1) is 0 Å². The SMILES string of the molecule is CC(=O)c1cccc(O[C@@H](C)C(=O)N2CCOc3ccncc32)c1. The standard InChI is InChI=1S/C18H18N2O4/c1-12(21)14-4-3-5-15(10-14)24-13(2)18(22)20-8-9-23-17-6-7-19-11-16(17)20/h3-7,10-11,13H,8-9H2,1-2H3/t13-/m0/s1. The minimum Gasteiger partial charge on any atom is -0.489 e. The van der Waals surface area contributed by atoms with E-state index in [4.69, 9.17) is 9.47 Å². The molecule has 0 saturated heterocycles. The van der Waals surface area contributed by atoms with Gasteiger partial charge in [-0.25, -0.2) is 0 Å². The van der Waals surface area contributed by atoms with Crippen LogP contribution < -0.4 is 14.4 Å². The van der Waals surface area contributed by atoms with Crippen LogP contribution >= 0.6 is 0 Å². The van der Waals surface area contributed by atoms with Crippen LogP contribution in [0, 0.1) is 0 Å². The first-order chi connectivity index (χ1) is 11.6. The van der Waals surface area contributed by atoms with Gasteiger partial charge in [0, 0.05) is 17.8 Å². The molecule has 6 heteroatoms. The van der Waals surface area contributed by atoms with Crippen molar-refractivity contribution in [2.24, 2.45) is 0 Å². The number of ketones is 1. The van der Waals surface area contributed by atoms with Crippen molar-refractivity contribution < 1.29 is 19.1 Å². The van der Waals surface area contributed by atoms with Crippen LogP contribution in [-0.2, 0) is 4.79 Å². The zero-order chi connectivity index (χ0) is 17.1. The highest BCUT2D eigenvalue weighted by atomic mass is 16.5. The fourth-order valence-electron chi connectivity index (χ4n) is 2.56. The van der Waals surface area contributed by atoms with E-state index < -0.39 is 6.10 Å². The highest BCUT2D eigenvalue weighted by Gasteiger charge is 2.28. The first kappa shape index (κ1) is 16.0. The number of aromatic nitrogens is 1. The lowest BCUT2D eigenvalue weighted by atomic mass is 10.1. The summed E-state index contributed by atoms with van der Waals surface area (Å²) in [5.41, 5.74) is 1.19. The van der Waals surface area contributed by atoms with Crippen LogP contribution in [0.1, 0.15) is 24.2 Å². The first-order valence-electron chi connectivity index (χ1n) is 7.72. The first-order valence-corrected chi connectivity index (χ1v) is 7.72. The summed E-state index contributed by atoms with van der Waals surface area (Å²) in [5, 5.41) is 0. The van der Waals surface area contributed by atoms with Gasteiger partial charge in [-0.1, -0.05) is 12.1 Å². The van der Waals surface area contributed by atoms with Crippen molar-refractivity contribution in [3.8, 4) is 11.5 Å². The van der Waals surface area contributed by atoms with Crippen molar-refractivity contribution in [1.82, 2.24) is 4.98 Å². The van der Waals surface area contributed by atoms with Gasteiger partial charge in [0.15, 0.2) is 11.9 Å². The molecular weight excluding hydrogens is 308 g/mol. The molecule has 0 bridgehead atoms. The lowest BCUT2D eigenvalue weighted by molar-refractivity contribution is -0.124. The minimum absolute atomic E-state index is 0.0485. The van der Waals surface area contributed by atoms with Gasteiger partial charge >= 0.3 is 0 Å². The van der Waals surface area contributed by atoms with E-state index in [0.29, 0.717) is 35.9 Å². The average Bonchev–Trinajstić information content (AvgIpc) is 2.60. The molecule has 0 unspecified atom stereocenters. The van der Waals surface area contributed by atoms with Gasteiger partial charge in [0.1, 0.15) is 23.8 Å². The molecule has 1 aliphatic heterocycles. The summed E-state index contributed by atoms with van der Waals surface area (Å²) in [7, 11) is 0. The molecule has 124 valence electrons. The number of carbonyl (C=O) groups excluding carboxylic acids is 2. The summed E-state index contributed by atoms with van der Waals surface area (Å²) in [5.74, 6) is 0.895. The maximum absolute atomic E-state index is 12.7. The third-order valence-electron chi connectivity index (χ3n) is 3.79. The number of nitrogens with zero attached hydrogens (tertiary/aromatic N) is 2. The maximum atomic E-state index is 12.7. The molecule has 1 aromatic carbocycles. The Kier molecular flexibility index (Phi) is 4.46. The van der Waals surface area contributed by atoms with Gasteiger partial charge in [-0.2, -0.15) is 0 Å². The van der Waals surface area contributed by atoms with Crippen LogP contribution in [0.15, 0.2) is 42.7 Å². The Morgan fingerprint density at radius 2 is 2.17 bits per heavy atom. The van der Waals surface area contributed by atoms with Crippen molar-refractivity contribution in [2.75, 3.05) is 18.1 Å². The smallest absolute Gasteiger partial charge is 0.268 e. The molecule has 0 saturated carbocycles. The summed E-state index contributed by atoms with van der Waals surface area (Å²) in [4.78, 5) is 29.9. The van der Waals surface area contributed by atoms with Crippen LogP contribution in [-0.4, -0.2) is 35.9 Å². The molecule has 3 rings (SSSR count). The molecule has 1 atom stereocenters. The zero-order valence-electron chi connectivity index (χ0n) is 13.6. The second kappa shape index (κ2) is 6.70. The second-order valence-electron chi connectivity index (χ2n) is 5.53. The summed E-state index contributed by atoms with van der Waals surface area (Å²) >= 11 is 0. The summed E-state index contributed by atoms with van der Waals surface area (Å²) in [6.45, 7) is 4.05. The molecule has 0 radical (unpaired) electrons. The third kappa shape index (κ3) is 3.22. The fraction of sp³-hybridized carbons (Fsp3) is 0.278. The summed E-state index contributed by atoms with van der Waals surface area (Å²) in [6, 6.07) is 8.55. The minimum atomic E-state index is -0.696. The number of amides is 1. The van der Waals surface area contributed by atoms with Gasteiger partial charge in [0.25, 0.3) is 5.91 Å². The Hall–Kier alpha value is -2.89. The van der Waals surface area contributed by atoms with Crippen molar-refractivity contribution in [2.45, 2.75) is 20.0 Å². The van der Waals surface area contributed by atoms with E-state index in [2.05, 4.69) is 4.98 Å². The Balaban J connectivity index is 1.76. The molecule has 0 spiro atoms. The quantitative estimate of drug-likeness (QED) is 0.807. The van der Waals surface area contributed by atoms with Gasteiger partial charge in [-0.3, -0.25) is 14.6 Å². The van der Waals surface area contributed by atoms with Gasteiger partial charge in [0.2, 0.25) is 0 Å². The number of carbonyl (C=O) groups is 2. The number of benzene rings is 1. The number of rotatable bonds is 4. The number of anilines is 1. The largest absolute Gasteiger partial charge is 0.489 e. The second-order valence-corrected chi connectivity index (χ2v) is 5.53. The van der Waals surface area contributed by atoms with E-state index in [1.54, 1.807) is 54.5 Å². The van der Waals surface area contributed by atoms with Crippen molar-refractivity contribution >= 4 is 17.4 Å². The Morgan fingerprint density at radius 1 is 1.33 bits per heavy atom. The highest BCUT2D eigenvalue weighted by Crippen LogP contribution is 2.30. The van der Waals surface area contributed by atoms with Crippen LogP contribution in [0.4, 0.5) is 5.69 Å². The molecule has 0 fully saturated rings. The predicted octanol–water partition coefficient (Wildman–Crippen LogP) is 2.48. The van der Waals surface area contributed by atoms with Crippen molar-refractivity contribution in [3.63, 3.8) is 0 Å². The molecule has 2 aromatic rings. The molecule has 1 amide bonds. The number of hydrogen-bond donors (Lipinski definition) is 0. The molecule has 2 heterocycles. The number of Topliss-reactive ketones (excluding diaryl/α,β-unsaturated/α-hetero) is 1. The van der Waals surface area contributed by atoms with E-state index in [0.717, 1.165) is 0 Å². The van der Waals surface area contributed by atoms with E-state index in [1.807, 2.05) is 0 Å². The van der Waals surface area contributed by atoms with Crippen LogP contribution in [0.3, 0.4) is 0 Å². The van der Waals surface area contributed by atoms with Crippen LogP contribution in [0.25, 0.3) is 0 Å². The van der Waals surface area contributed by atoms with Gasteiger partial charge in [0.05, 0.1) is 12.7 Å². The molecule has 0 N–H and O–H groups in total. The fourth-order valence-corrected chi connectivity index (χ4v) is 2.56. The predicted molar refractivity (Wildman–Crippen MR) is 88.6 cm³/mol. The maximum Gasteiger partial charge on any atom is 0.268 e. The van der Waals surface area contributed by atoms with E-state index in [1.165, 1.54) is 6.92 Å². The van der Waals surface area contributed by atoms with Crippen molar-refractivity contribution in [1.29, 1.82) is 0 Å². The molecule has 24 heavy (non-hydrogen) atoms. The molecule has 0 aliphatic carbocycles. The Morgan fingerprint density at radius 3 is 2.96 bits per heavy atom.